The fourth-order valence-electron chi connectivity index (χ4n) is 3.48. The van der Waals surface area contributed by atoms with Crippen molar-refractivity contribution < 1.29 is 19.1 Å². The van der Waals surface area contributed by atoms with Crippen molar-refractivity contribution in [3.63, 3.8) is 0 Å². The molecule has 3 atom stereocenters. The molecule has 3 rings (SSSR count). The molecule has 1 fully saturated rings. The van der Waals surface area contributed by atoms with Gasteiger partial charge >= 0.3 is 0 Å². The number of epoxide rings is 1. The molecule has 1 aromatic carbocycles. The van der Waals surface area contributed by atoms with Gasteiger partial charge in [-0.2, -0.15) is 0 Å². The molecule has 1 aliphatic heterocycles. The van der Waals surface area contributed by atoms with E-state index in [-0.39, 0.29) is 29.8 Å². The molecule has 0 unspecified atom stereocenters. The summed E-state index contributed by atoms with van der Waals surface area (Å²) in [6.07, 6.45) is 2.49. The summed E-state index contributed by atoms with van der Waals surface area (Å²) >= 11 is 0. The van der Waals surface area contributed by atoms with Crippen LogP contribution in [0.4, 0.5) is 0 Å². The van der Waals surface area contributed by atoms with Crippen molar-refractivity contribution in [2.75, 3.05) is 6.61 Å². The predicted molar refractivity (Wildman–Crippen MR) is 117 cm³/mol. The van der Waals surface area contributed by atoms with Gasteiger partial charge in [0.2, 0.25) is 5.91 Å². The van der Waals surface area contributed by atoms with E-state index in [9.17, 15) is 14.4 Å². The molecule has 164 valence electrons. The fourth-order valence-corrected chi connectivity index (χ4v) is 3.48. The SMILES string of the molecule is CC(C)C(=O)C[C@@H](Cc1ccccn1)C(=O)N[C@@H](Cc1ccccc1)C(=O)[C@@]1(C)CO1. The number of amides is 1. The van der Waals surface area contributed by atoms with Crippen molar-refractivity contribution in [3.8, 4) is 0 Å². The quantitative estimate of drug-likeness (QED) is 0.563. The zero-order chi connectivity index (χ0) is 22.4. The van der Waals surface area contributed by atoms with Crippen LogP contribution in [0.2, 0.25) is 0 Å². The predicted octanol–water partition coefficient (Wildman–Crippen LogP) is 2.94. The second kappa shape index (κ2) is 9.96. The lowest BCUT2D eigenvalue weighted by Gasteiger charge is -2.23. The first kappa shape index (κ1) is 22.8. The van der Waals surface area contributed by atoms with Gasteiger partial charge in [0.15, 0.2) is 5.78 Å². The van der Waals surface area contributed by atoms with Crippen molar-refractivity contribution in [1.29, 1.82) is 0 Å². The van der Waals surface area contributed by atoms with Gasteiger partial charge in [-0.05, 0) is 31.0 Å². The highest BCUT2D eigenvalue weighted by Crippen LogP contribution is 2.29. The van der Waals surface area contributed by atoms with Gasteiger partial charge in [0.25, 0.3) is 0 Å². The van der Waals surface area contributed by atoms with Gasteiger partial charge in [-0.1, -0.05) is 50.2 Å². The Morgan fingerprint density at radius 2 is 1.74 bits per heavy atom. The van der Waals surface area contributed by atoms with Crippen molar-refractivity contribution in [2.24, 2.45) is 11.8 Å². The maximum atomic E-state index is 13.3. The van der Waals surface area contributed by atoms with Crippen molar-refractivity contribution in [3.05, 3.63) is 66.0 Å². The Labute approximate surface area is 183 Å². The normalized spacial score (nSPS) is 19.5. The highest BCUT2D eigenvalue weighted by atomic mass is 16.6. The number of aromatic nitrogens is 1. The lowest BCUT2D eigenvalue weighted by molar-refractivity contribution is -0.134. The van der Waals surface area contributed by atoms with E-state index < -0.39 is 17.6 Å². The monoisotopic (exact) mass is 422 g/mol. The van der Waals surface area contributed by atoms with Crippen LogP contribution in [0.15, 0.2) is 54.7 Å². The number of carbonyl (C=O) groups is 3. The summed E-state index contributed by atoms with van der Waals surface area (Å²) < 4.78 is 5.35. The second-order valence-electron chi connectivity index (χ2n) is 8.68. The minimum absolute atomic E-state index is 0.0134. The largest absolute Gasteiger partial charge is 0.361 e. The van der Waals surface area contributed by atoms with Gasteiger partial charge in [-0.15, -0.1) is 0 Å². The van der Waals surface area contributed by atoms with E-state index in [0.717, 1.165) is 11.3 Å². The van der Waals surface area contributed by atoms with Crippen LogP contribution in [0.1, 0.15) is 38.4 Å². The van der Waals surface area contributed by atoms with Crippen LogP contribution < -0.4 is 5.32 Å². The number of hydrogen-bond acceptors (Lipinski definition) is 5. The number of pyridine rings is 1. The third-order valence-electron chi connectivity index (χ3n) is 5.66. The number of ketones is 2. The first-order valence-electron chi connectivity index (χ1n) is 10.7. The molecule has 1 aliphatic rings. The topological polar surface area (TPSA) is 88.7 Å². The molecule has 1 N–H and O–H groups in total. The van der Waals surface area contributed by atoms with Gasteiger partial charge in [0, 0.05) is 30.7 Å². The second-order valence-corrected chi connectivity index (χ2v) is 8.68. The molecule has 6 heteroatoms. The van der Waals surface area contributed by atoms with Gasteiger partial charge in [0.05, 0.1) is 18.6 Å². The summed E-state index contributed by atoms with van der Waals surface area (Å²) in [4.78, 5) is 43.1. The molecule has 0 aliphatic carbocycles. The lowest BCUT2D eigenvalue weighted by Crippen LogP contribution is -2.49. The maximum Gasteiger partial charge on any atom is 0.224 e. The van der Waals surface area contributed by atoms with Gasteiger partial charge in [0.1, 0.15) is 11.4 Å². The van der Waals surface area contributed by atoms with Crippen LogP contribution in [0, 0.1) is 11.8 Å². The molecular formula is C25H30N2O4. The Kier molecular flexibility index (Phi) is 7.33. The summed E-state index contributed by atoms with van der Waals surface area (Å²) in [6, 6.07) is 14.3. The van der Waals surface area contributed by atoms with E-state index in [0.29, 0.717) is 19.4 Å². The number of hydrogen-bond donors (Lipinski definition) is 1. The van der Waals surface area contributed by atoms with E-state index in [1.54, 1.807) is 13.1 Å². The number of nitrogens with zero attached hydrogens (tertiary/aromatic N) is 1. The minimum atomic E-state index is -0.850. The van der Waals surface area contributed by atoms with Crippen molar-refractivity contribution in [2.45, 2.75) is 51.7 Å². The standard InChI is InChI=1S/C25H30N2O4/c1-17(2)22(28)15-19(14-20-11-7-8-12-26-20)24(30)27-21(23(29)25(3)16-31-25)13-18-9-5-4-6-10-18/h4-12,17,19,21H,13-16H2,1-3H3,(H,27,30)/t19-,21+,25-/m1/s1. The average molecular weight is 423 g/mol. The number of carbonyl (C=O) groups excluding carboxylic acids is 3. The van der Waals surface area contributed by atoms with Crippen LogP contribution in [0.25, 0.3) is 0 Å². The molecule has 1 saturated heterocycles. The highest BCUT2D eigenvalue weighted by molar-refractivity contribution is 5.97. The molecule has 1 amide bonds. The summed E-state index contributed by atoms with van der Waals surface area (Å²) in [7, 11) is 0. The van der Waals surface area contributed by atoms with E-state index >= 15 is 0 Å². The number of Topliss-reactive ketones (excluding diaryl/α,β-unsaturated/α-hetero) is 2. The third-order valence-corrected chi connectivity index (χ3v) is 5.66. The van der Waals surface area contributed by atoms with Crippen molar-refractivity contribution >= 4 is 17.5 Å². The Hall–Kier alpha value is -2.86. The Balaban J connectivity index is 1.79. The summed E-state index contributed by atoms with van der Waals surface area (Å²) in [6.45, 7) is 5.75. The third kappa shape index (κ3) is 6.31. The number of benzene rings is 1. The molecule has 0 bridgehead atoms. The lowest BCUT2D eigenvalue weighted by atomic mass is 9.90. The molecule has 6 nitrogen and oxygen atoms in total. The van der Waals surface area contributed by atoms with E-state index in [4.69, 9.17) is 4.74 Å². The molecule has 2 aromatic rings. The first-order chi connectivity index (χ1) is 14.8. The molecular weight excluding hydrogens is 392 g/mol. The summed E-state index contributed by atoms with van der Waals surface area (Å²) in [5.74, 6) is -1.20. The molecule has 1 aromatic heterocycles. The van der Waals surface area contributed by atoms with Gasteiger partial charge in [-0.3, -0.25) is 19.4 Å². The van der Waals surface area contributed by atoms with Crippen LogP contribution in [0.5, 0.6) is 0 Å². The van der Waals surface area contributed by atoms with Crippen molar-refractivity contribution in [1.82, 2.24) is 10.3 Å². The molecule has 0 radical (unpaired) electrons. The zero-order valence-electron chi connectivity index (χ0n) is 18.3. The van der Waals surface area contributed by atoms with Gasteiger partial charge in [-0.25, -0.2) is 0 Å². The Bertz CT molecular complexity index is 908. The first-order valence-corrected chi connectivity index (χ1v) is 10.7. The van der Waals surface area contributed by atoms with Crippen LogP contribution in [-0.4, -0.2) is 40.7 Å². The molecule has 0 saturated carbocycles. The highest BCUT2D eigenvalue weighted by Gasteiger charge is 2.50. The molecule has 2 heterocycles. The molecule has 0 spiro atoms. The van der Waals surface area contributed by atoms with E-state index in [1.807, 2.05) is 62.4 Å². The maximum absolute atomic E-state index is 13.3. The molecule has 31 heavy (non-hydrogen) atoms. The van der Waals surface area contributed by atoms with Crippen LogP contribution >= 0.6 is 0 Å². The van der Waals surface area contributed by atoms with Gasteiger partial charge < -0.3 is 10.1 Å². The summed E-state index contributed by atoms with van der Waals surface area (Å²) in [5.41, 5.74) is 0.837. The number of ether oxygens (including phenoxy) is 1. The van der Waals surface area contributed by atoms with E-state index in [1.165, 1.54) is 0 Å². The average Bonchev–Trinajstić information content (AvgIpc) is 3.52. The number of nitrogens with one attached hydrogen (secondary N) is 1. The fraction of sp³-hybridized carbons (Fsp3) is 0.440. The number of rotatable bonds is 11. The summed E-state index contributed by atoms with van der Waals surface area (Å²) in [5, 5.41) is 2.93. The Morgan fingerprint density at radius 3 is 2.32 bits per heavy atom. The van der Waals surface area contributed by atoms with E-state index in [2.05, 4.69) is 10.3 Å². The minimum Gasteiger partial charge on any atom is -0.361 e. The Morgan fingerprint density at radius 1 is 1.06 bits per heavy atom. The van der Waals surface area contributed by atoms with Crippen LogP contribution in [-0.2, 0) is 32.0 Å². The van der Waals surface area contributed by atoms with Crippen LogP contribution in [0.3, 0.4) is 0 Å². The smallest absolute Gasteiger partial charge is 0.224 e. The zero-order valence-corrected chi connectivity index (χ0v) is 18.3.